The van der Waals surface area contributed by atoms with Gasteiger partial charge in [0, 0.05) is 22.4 Å². The van der Waals surface area contributed by atoms with E-state index in [1.807, 2.05) is 22.9 Å². The summed E-state index contributed by atoms with van der Waals surface area (Å²) in [5.74, 6) is -0.681. The van der Waals surface area contributed by atoms with Gasteiger partial charge in [0.15, 0.2) is 0 Å². The molecule has 3 rings (SSSR count). The van der Waals surface area contributed by atoms with Crippen molar-refractivity contribution in [3.8, 4) is 10.4 Å². The Morgan fingerprint density at radius 2 is 2.15 bits per heavy atom. The smallest absolute Gasteiger partial charge is 0.263 e. The third kappa shape index (κ3) is 3.68. The fourth-order valence-electron chi connectivity index (χ4n) is 2.53. The van der Waals surface area contributed by atoms with Gasteiger partial charge in [0.2, 0.25) is 11.8 Å². The van der Waals surface area contributed by atoms with Crippen molar-refractivity contribution in [1.82, 2.24) is 20.2 Å². The summed E-state index contributed by atoms with van der Waals surface area (Å²) in [4.78, 5) is 42.7. The summed E-state index contributed by atoms with van der Waals surface area (Å²) in [5.41, 5.74) is 0.573. The lowest BCUT2D eigenvalue weighted by molar-refractivity contribution is -0.128. The number of carbonyl (C=O) groups is 2. The van der Waals surface area contributed by atoms with Crippen molar-refractivity contribution in [2.75, 3.05) is 6.54 Å². The van der Waals surface area contributed by atoms with E-state index in [0.717, 1.165) is 10.4 Å². The number of hydrogen-bond acceptors (Lipinski definition) is 6. The number of nitrogens with one attached hydrogen (secondary N) is 2. The van der Waals surface area contributed by atoms with Crippen LogP contribution in [0.2, 0.25) is 0 Å². The van der Waals surface area contributed by atoms with E-state index in [9.17, 15) is 14.4 Å². The van der Waals surface area contributed by atoms with Gasteiger partial charge < -0.3 is 10.6 Å². The lowest BCUT2D eigenvalue weighted by Gasteiger charge is -2.13. The molecule has 7 nitrogen and oxygen atoms in total. The molecule has 0 spiro atoms. The summed E-state index contributed by atoms with van der Waals surface area (Å²) in [5, 5.41) is 9.60. The molecule has 0 saturated carbocycles. The Morgan fingerprint density at radius 3 is 2.85 bits per heavy atom. The fraction of sp³-hybridized carbons (Fsp3) is 0.294. The van der Waals surface area contributed by atoms with Crippen LogP contribution in [-0.4, -0.2) is 34.0 Å². The highest BCUT2D eigenvalue weighted by atomic mass is 32.1. The number of likely N-dealkylation sites (N-methyl/N-ethyl adjacent to an activating group) is 1. The Kier molecular flexibility index (Phi) is 5.48. The highest BCUT2D eigenvalue weighted by Gasteiger charge is 2.18. The number of fused-ring (bicyclic) bond motifs is 1. The van der Waals surface area contributed by atoms with Crippen LogP contribution in [-0.2, 0) is 16.1 Å². The SMILES string of the molecule is CCNC(=O)[C@@H](C)NC(=O)Cn1cnc2scc(-c3cccs3)c2c1=O. The second kappa shape index (κ2) is 7.79. The number of aromatic nitrogens is 2. The van der Waals surface area contributed by atoms with Crippen molar-refractivity contribution in [3.05, 3.63) is 39.6 Å². The fourth-order valence-corrected chi connectivity index (χ4v) is 4.25. The molecule has 0 aliphatic rings. The standard InChI is InChI=1S/C17H18N4O3S2/c1-3-18-15(23)10(2)20-13(22)7-21-9-19-16-14(17(21)24)11(8-26-16)12-5-4-6-25-12/h4-6,8-10H,3,7H2,1-2H3,(H,18,23)(H,20,22)/t10-/m1/s1. The minimum atomic E-state index is -0.669. The zero-order chi connectivity index (χ0) is 18.7. The molecule has 9 heteroatoms. The van der Waals surface area contributed by atoms with Crippen LogP contribution in [0.5, 0.6) is 0 Å². The highest BCUT2D eigenvalue weighted by Crippen LogP contribution is 2.33. The largest absolute Gasteiger partial charge is 0.355 e. The van der Waals surface area contributed by atoms with Crippen molar-refractivity contribution in [1.29, 1.82) is 0 Å². The van der Waals surface area contributed by atoms with E-state index in [4.69, 9.17) is 0 Å². The first kappa shape index (κ1) is 18.3. The quantitative estimate of drug-likeness (QED) is 0.671. The molecule has 3 aromatic rings. The van der Waals surface area contributed by atoms with Crippen LogP contribution >= 0.6 is 22.7 Å². The van der Waals surface area contributed by atoms with E-state index in [1.54, 1.807) is 25.2 Å². The summed E-state index contributed by atoms with van der Waals surface area (Å²) in [7, 11) is 0. The van der Waals surface area contributed by atoms with Crippen LogP contribution in [0.15, 0.2) is 34.0 Å². The third-order valence-corrected chi connectivity index (χ3v) is 5.57. The summed E-state index contributed by atoms with van der Waals surface area (Å²) in [6, 6.07) is 3.20. The van der Waals surface area contributed by atoms with E-state index >= 15 is 0 Å². The minimum Gasteiger partial charge on any atom is -0.355 e. The van der Waals surface area contributed by atoms with Crippen molar-refractivity contribution in [2.24, 2.45) is 0 Å². The van der Waals surface area contributed by atoms with Gasteiger partial charge in [-0.2, -0.15) is 0 Å². The second-order valence-corrected chi connectivity index (χ2v) is 7.47. The zero-order valence-electron chi connectivity index (χ0n) is 14.3. The minimum absolute atomic E-state index is 0.189. The molecule has 0 aromatic carbocycles. The number of carbonyl (C=O) groups excluding carboxylic acids is 2. The Labute approximate surface area is 157 Å². The number of rotatable bonds is 6. The van der Waals surface area contributed by atoms with E-state index in [-0.39, 0.29) is 18.0 Å². The molecule has 0 radical (unpaired) electrons. The highest BCUT2D eigenvalue weighted by molar-refractivity contribution is 7.18. The summed E-state index contributed by atoms with van der Waals surface area (Å²) < 4.78 is 1.27. The molecule has 136 valence electrons. The van der Waals surface area contributed by atoms with Gasteiger partial charge in [-0.1, -0.05) is 6.07 Å². The molecule has 1 atom stereocenters. The molecule has 0 bridgehead atoms. The number of thiophene rings is 2. The third-order valence-electron chi connectivity index (χ3n) is 3.78. The molecule has 0 unspecified atom stereocenters. The Bertz CT molecular complexity index is 991. The number of hydrogen-bond donors (Lipinski definition) is 2. The monoisotopic (exact) mass is 390 g/mol. The molecule has 0 saturated heterocycles. The van der Waals surface area contributed by atoms with E-state index in [0.29, 0.717) is 16.8 Å². The first-order chi connectivity index (χ1) is 12.5. The van der Waals surface area contributed by atoms with Crippen LogP contribution in [0.3, 0.4) is 0 Å². The maximum absolute atomic E-state index is 12.8. The van der Waals surface area contributed by atoms with Crippen LogP contribution in [0.4, 0.5) is 0 Å². The van der Waals surface area contributed by atoms with Gasteiger partial charge in [-0.15, -0.1) is 22.7 Å². The average molecular weight is 390 g/mol. The first-order valence-corrected chi connectivity index (χ1v) is 9.84. The van der Waals surface area contributed by atoms with Crippen molar-refractivity contribution >= 4 is 44.7 Å². The molecule has 0 aliphatic heterocycles. The van der Waals surface area contributed by atoms with E-state index in [2.05, 4.69) is 15.6 Å². The van der Waals surface area contributed by atoms with Crippen molar-refractivity contribution < 1.29 is 9.59 Å². The molecule has 0 aliphatic carbocycles. The van der Waals surface area contributed by atoms with Crippen LogP contribution in [0.1, 0.15) is 13.8 Å². The van der Waals surface area contributed by atoms with Gasteiger partial charge in [-0.05, 0) is 25.3 Å². The number of nitrogens with zero attached hydrogens (tertiary/aromatic N) is 2. The maximum atomic E-state index is 12.8. The zero-order valence-corrected chi connectivity index (χ0v) is 15.9. The van der Waals surface area contributed by atoms with Gasteiger partial charge in [0.25, 0.3) is 5.56 Å². The van der Waals surface area contributed by atoms with Gasteiger partial charge >= 0.3 is 0 Å². The molecular weight excluding hydrogens is 372 g/mol. The van der Waals surface area contributed by atoms with E-state index < -0.39 is 11.9 Å². The van der Waals surface area contributed by atoms with Crippen LogP contribution in [0.25, 0.3) is 20.7 Å². The molecule has 2 amide bonds. The van der Waals surface area contributed by atoms with Crippen molar-refractivity contribution in [3.63, 3.8) is 0 Å². The lowest BCUT2D eigenvalue weighted by atomic mass is 10.2. The predicted molar refractivity (Wildman–Crippen MR) is 103 cm³/mol. The summed E-state index contributed by atoms with van der Waals surface area (Å²) >= 11 is 2.95. The van der Waals surface area contributed by atoms with Crippen LogP contribution < -0.4 is 16.2 Å². The molecule has 2 N–H and O–H groups in total. The molecule has 3 heterocycles. The topological polar surface area (TPSA) is 93.1 Å². The lowest BCUT2D eigenvalue weighted by Crippen LogP contribution is -2.46. The first-order valence-electron chi connectivity index (χ1n) is 8.08. The summed E-state index contributed by atoms with van der Waals surface area (Å²) in [6.45, 7) is 3.70. The van der Waals surface area contributed by atoms with E-state index in [1.165, 1.54) is 22.2 Å². The summed E-state index contributed by atoms with van der Waals surface area (Å²) in [6.07, 6.45) is 1.37. The van der Waals surface area contributed by atoms with Gasteiger partial charge in [0.1, 0.15) is 17.4 Å². The molecular formula is C17H18N4O3S2. The maximum Gasteiger partial charge on any atom is 0.263 e. The Hall–Kier alpha value is -2.52. The Morgan fingerprint density at radius 1 is 1.35 bits per heavy atom. The molecule has 0 fully saturated rings. The Balaban J connectivity index is 1.84. The van der Waals surface area contributed by atoms with Gasteiger partial charge in [-0.3, -0.25) is 19.0 Å². The normalized spacial score (nSPS) is 12.1. The molecule has 26 heavy (non-hydrogen) atoms. The van der Waals surface area contributed by atoms with Crippen LogP contribution in [0, 0.1) is 0 Å². The van der Waals surface area contributed by atoms with Crippen molar-refractivity contribution in [2.45, 2.75) is 26.4 Å². The van der Waals surface area contributed by atoms with Gasteiger partial charge in [-0.25, -0.2) is 4.98 Å². The second-order valence-electron chi connectivity index (χ2n) is 5.67. The predicted octanol–water partition coefficient (Wildman–Crippen LogP) is 1.83. The number of amides is 2. The van der Waals surface area contributed by atoms with Gasteiger partial charge in [0.05, 0.1) is 11.7 Å². The molecule has 3 aromatic heterocycles. The average Bonchev–Trinajstić information content (AvgIpc) is 3.26.